The molecule has 0 bridgehead atoms. The monoisotopic (exact) mass is 435 g/mol. The number of nitrogens with zero attached hydrogens (tertiary/aromatic N) is 2. The molecule has 0 unspecified atom stereocenters. The second-order valence-corrected chi connectivity index (χ2v) is 7.81. The van der Waals surface area contributed by atoms with Crippen LogP contribution in [0.1, 0.15) is 18.2 Å². The van der Waals surface area contributed by atoms with E-state index in [1.54, 1.807) is 43.3 Å². The highest BCUT2D eigenvalue weighted by Gasteiger charge is 2.34. The summed E-state index contributed by atoms with van der Waals surface area (Å²) in [6, 6.07) is 13.5. The first-order valence-corrected chi connectivity index (χ1v) is 9.77. The lowest BCUT2D eigenvalue weighted by Crippen LogP contribution is -2.23. The summed E-state index contributed by atoms with van der Waals surface area (Å²) < 4.78 is 53.6. The molecule has 1 N–H and O–H groups in total. The Bertz CT molecular complexity index is 1060. The smallest absolute Gasteiger partial charge is 0.325 e. The van der Waals surface area contributed by atoms with Crippen LogP contribution in [-0.4, -0.2) is 21.1 Å². The van der Waals surface area contributed by atoms with Gasteiger partial charge in [0.25, 0.3) is 0 Å². The molecule has 3 rings (SSSR count). The lowest BCUT2D eigenvalue weighted by atomic mass is 10.1. The van der Waals surface area contributed by atoms with Crippen LogP contribution in [0, 0.1) is 12.7 Å². The molecule has 0 fully saturated rings. The number of amides is 1. The third kappa shape index (κ3) is 5.35. The fourth-order valence-corrected chi connectivity index (χ4v) is 3.29. The van der Waals surface area contributed by atoms with E-state index in [4.69, 9.17) is 0 Å². The number of aryl methyl sites for hydroxylation is 1. The number of hydrogen-bond donors (Lipinski definition) is 1. The number of alkyl halides is 3. The number of anilines is 1. The molecule has 156 valence electrons. The average molecular weight is 435 g/mol. The summed E-state index contributed by atoms with van der Waals surface area (Å²) in [5, 5.41) is 1.55. The van der Waals surface area contributed by atoms with Crippen molar-refractivity contribution in [2.75, 3.05) is 5.32 Å². The molecule has 2 aromatic carbocycles. The zero-order valence-corrected chi connectivity index (χ0v) is 16.8. The maximum Gasteiger partial charge on any atom is 0.433 e. The maximum atomic E-state index is 13.7. The van der Waals surface area contributed by atoms with Gasteiger partial charge >= 0.3 is 6.18 Å². The van der Waals surface area contributed by atoms with Gasteiger partial charge in [-0.3, -0.25) is 4.79 Å². The summed E-state index contributed by atoms with van der Waals surface area (Å²) in [5.41, 5.74) is 0.201. The first-order valence-electron chi connectivity index (χ1n) is 8.89. The Labute approximate surface area is 174 Å². The van der Waals surface area contributed by atoms with E-state index in [9.17, 15) is 22.4 Å². The average Bonchev–Trinajstić information content (AvgIpc) is 2.70. The lowest BCUT2D eigenvalue weighted by Gasteiger charge is -2.14. The van der Waals surface area contributed by atoms with Gasteiger partial charge in [0.05, 0.1) is 10.9 Å². The van der Waals surface area contributed by atoms with Crippen molar-refractivity contribution in [1.82, 2.24) is 9.97 Å². The van der Waals surface area contributed by atoms with Gasteiger partial charge in [-0.2, -0.15) is 13.2 Å². The number of rotatable bonds is 5. The van der Waals surface area contributed by atoms with Crippen LogP contribution in [-0.2, 0) is 11.0 Å². The topological polar surface area (TPSA) is 54.9 Å². The van der Waals surface area contributed by atoms with Crippen LogP contribution in [0.5, 0.6) is 0 Å². The minimum Gasteiger partial charge on any atom is -0.325 e. The highest BCUT2D eigenvalue weighted by molar-refractivity contribution is 8.00. The van der Waals surface area contributed by atoms with E-state index in [-0.39, 0.29) is 16.5 Å². The Morgan fingerprint density at radius 1 is 1.07 bits per heavy atom. The molecule has 0 aliphatic heterocycles. The summed E-state index contributed by atoms with van der Waals surface area (Å²) in [6.45, 7) is 3.10. The van der Waals surface area contributed by atoms with Gasteiger partial charge in [-0.05, 0) is 37.6 Å². The van der Waals surface area contributed by atoms with Crippen molar-refractivity contribution < 1.29 is 22.4 Å². The zero-order chi connectivity index (χ0) is 21.9. The maximum absolute atomic E-state index is 13.7. The number of carbonyl (C=O) groups is 1. The molecule has 9 heteroatoms. The SMILES string of the molecule is Cc1ccc(NC(=O)[C@H](C)Sc2nc(-c3ccccc3)cc(C(F)(F)F)n2)cc1F. The molecule has 0 aliphatic rings. The Kier molecular flexibility index (Phi) is 6.40. The number of thioether (sulfide) groups is 1. The van der Waals surface area contributed by atoms with Gasteiger partial charge in [-0.25, -0.2) is 14.4 Å². The van der Waals surface area contributed by atoms with Crippen molar-refractivity contribution in [2.45, 2.75) is 30.4 Å². The zero-order valence-electron chi connectivity index (χ0n) is 16.0. The Balaban J connectivity index is 1.83. The fourth-order valence-electron chi connectivity index (χ4n) is 2.51. The standard InChI is InChI=1S/C21H17F4N3OS/c1-12-8-9-15(10-16(12)22)26-19(29)13(2)30-20-27-17(14-6-4-3-5-7-14)11-18(28-20)21(23,24)25/h3-11,13H,1-2H3,(H,26,29)/t13-/m0/s1. The Morgan fingerprint density at radius 3 is 2.40 bits per heavy atom. The molecular formula is C21H17F4N3OS. The van der Waals surface area contributed by atoms with Crippen LogP contribution in [0.3, 0.4) is 0 Å². The summed E-state index contributed by atoms with van der Waals surface area (Å²) in [6.07, 6.45) is -4.66. The molecule has 0 aliphatic carbocycles. The van der Waals surface area contributed by atoms with Crippen LogP contribution in [0.4, 0.5) is 23.2 Å². The first kappa shape index (κ1) is 21.8. The van der Waals surface area contributed by atoms with E-state index in [0.717, 1.165) is 17.8 Å². The van der Waals surface area contributed by atoms with Crippen molar-refractivity contribution >= 4 is 23.4 Å². The third-order valence-electron chi connectivity index (χ3n) is 4.16. The van der Waals surface area contributed by atoms with Gasteiger partial charge in [0.15, 0.2) is 5.16 Å². The number of carbonyl (C=O) groups excluding carboxylic acids is 1. The van der Waals surface area contributed by atoms with Gasteiger partial charge in [0.1, 0.15) is 11.5 Å². The van der Waals surface area contributed by atoms with Crippen molar-refractivity contribution in [3.8, 4) is 11.3 Å². The highest BCUT2D eigenvalue weighted by Crippen LogP contribution is 2.33. The van der Waals surface area contributed by atoms with E-state index in [0.29, 0.717) is 11.1 Å². The molecule has 1 heterocycles. The van der Waals surface area contributed by atoms with Gasteiger partial charge in [-0.15, -0.1) is 0 Å². The molecule has 1 aromatic heterocycles. The van der Waals surface area contributed by atoms with Crippen molar-refractivity contribution in [2.24, 2.45) is 0 Å². The van der Waals surface area contributed by atoms with E-state index >= 15 is 0 Å². The van der Waals surface area contributed by atoms with Crippen LogP contribution in [0.15, 0.2) is 59.8 Å². The molecule has 3 aromatic rings. The quantitative estimate of drug-likeness (QED) is 0.316. The number of aromatic nitrogens is 2. The van der Waals surface area contributed by atoms with E-state index in [1.165, 1.54) is 19.1 Å². The van der Waals surface area contributed by atoms with Crippen LogP contribution >= 0.6 is 11.8 Å². The molecule has 0 spiro atoms. The molecule has 0 saturated heterocycles. The molecule has 0 saturated carbocycles. The van der Waals surface area contributed by atoms with Crippen molar-refractivity contribution in [1.29, 1.82) is 0 Å². The number of nitrogens with one attached hydrogen (secondary N) is 1. The van der Waals surface area contributed by atoms with Crippen LogP contribution < -0.4 is 5.32 Å². The first-order chi connectivity index (χ1) is 14.1. The molecule has 1 atom stereocenters. The Morgan fingerprint density at radius 2 is 1.77 bits per heavy atom. The van der Waals surface area contributed by atoms with Gasteiger partial charge in [0, 0.05) is 11.3 Å². The van der Waals surface area contributed by atoms with Crippen LogP contribution in [0.2, 0.25) is 0 Å². The minimum atomic E-state index is -4.66. The molecule has 0 radical (unpaired) electrons. The lowest BCUT2D eigenvalue weighted by molar-refractivity contribution is -0.141. The largest absolute Gasteiger partial charge is 0.433 e. The number of halogens is 4. The molecule has 1 amide bonds. The minimum absolute atomic E-state index is 0.105. The van der Waals surface area contributed by atoms with E-state index in [1.807, 2.05) is 0 Å². The molecule has 4 nitrogen and oxygen atoms in total. The second-order valence-electron chi connectivity index (χ2n) is 6.50. The van der Waals surface area contributed by atoms with Crippen molar-refractivity contribution in [3.05, 3.63) is 71.7 Å². The van der Waals surface area contributed by atoms with E-state index in [2.05, 4.69) is 15.3 Å². The van der Waals surface area contributed by atoms with Crippen LogP contribution in [0.25, 0.3) is 11.3 Å². The second kappa shape index (κ2) is 8.83. The fraction of sp³-hybridized carbons (Fsp3) is 0.190. The summed E-state index contributed by atoms with van der Waals surface area (Å²) >= 11 is 0.789. The normalized spacial score (nSPS) is 12.5. The predicted molar refractivity (Wildman–Crippen MR) is 108 cm³/mol. The van der Waals surface area contributed by atoms with Crippen molar-refractivity contribution in [3.63, 3.8) is 0 Å². The number of benzene rings is 2. The summed E-state index contributed by atoms with van der Waals surface area (Å²) in [7, 11) is 0. The summed E-state index contributed by atoms with van der Waals surface area (Å²) in [4.78, 5) is 20.2. The summed E-state index contributed by atoms with van der Waals surface area (Å²) in [5.74, 6) is -0.979. The van der Waals surface area contributed by atoms with Gasteiger partial charge < -0.3 is 5.32 Å². The highest BCUT2D eigenvalue weighted by atomic mass is 32.2. The predicted octanol–water partition coefficient (Wildman–Crippen LogP) is 5.73. The Hall–Kier alpha value is -2.94. The van der Waals surface area contributed by atoms with Gasteiger partial charge in [-0.1, -0.05) is 48.2 Å². The number of hydrogen-bond acceptors (Lipinski definition) is 4. The van der Waals surface area contributed by atoms with Gasteiger partial charge in [0.2, 0.25) is 5.91 Å². The van der Waals surface area contributed by atoms with E-state index < -0.39 is 28.8 Å². The molecule has 30 heavy (non-hydrogen) atoms. The molecular weight excluding hydrogens is 418 g/mol. The third-order valence-corrected chi connectivity index (χ3v) is 5.12.